The topological polar surface area (TPSA) is 57.4 Å². The minimum atomic E-state index is 0.934. The Kier molecular flexibility index (Phi) is 3.43. The van der Waals surface area contributed by atoms with Crippen LogP contribution in [0.4, 0.5) is 0 Å². The predicted octanol–water partition coefficient (Wildman–Crippen LogP) is 6.60. The average Bonchev–Trinajstić information content (AvgIpc) is 3.45. The van der Waals surface area contributed by atoms with Crippen LogP contribution >= 0.6 is 11.3 Å². The summed E-state index contributed by atoms with van der Waals surface area (Å²) in [6.07, 6.45) is 3.80. The fourth-order valence-electron chi connectivity index (χ4n) is 4.03. The first-order valence-electron chi connectivity index (χ1n) is 9.59. The lowest BCUT2D eigenvalue weighted by Crippen LogP contribution is -1.80. The molecular formula is C24H18N4S. The van der Waals surface area contributed by atoms with Gasteiger partial charge in [0.2, 0.25) is 0 Å². The van der Waals surface area contributed by atoms with Gasteiger partial charge in [0.15, 0.2) is 0 Å². The van der Waals surface area contributed by atoms with Crippen molar-refractivity contribution in [2.45, 2.75) is 13.8 Å². The van der Waals surface area contributed by atoms with Crippen LogP contribution < -0.4 is 0 Å². The number of benzene rings is 3. The van der Waals surface area contributed by atoms with E-state index in [1.54, 1.807) is 0 Å². The summed E-state index contributed by atoms with van der Waals surface area (Å²) in [5.74, 6) is 1.87. The first kappa shape index (κ1) is 16.5. The van der Waals surface area contributed by atoms with Crippen molar-refractivity contribution in [2.24, 2.45) is 0 Å². The summed E-state index contributed by atoms with van der Waals surface area (Å²) in [6.45, 7) is 3.95. The molecule has 0 radical (unpaired) electrons. The minimum absolute atomic E-state index is 0.934. The van der Waals surface area contributed by atoms with Gasteiger partial charge in [-0.25, -0.2) is 9.97 Å². The molecule has 0 aliphatic heterocycles. The highest BCUT2D eigenvalue weighted by Crippen LogP contribution is 2.40. The molecular weight excluding hydrogens is 376 g/mol. The molecule has 3 heterocycles. The van der Waals surface area contributed by atoms with Gasteiger partial charge in [0.05, 0.1) is 23.8 Å². The van der Waals surface area contributed by atoms with Crippen molar-refractivity contribution < 1.29 is 0 Å². The van der Waals surface area contributed by atoms with Crippen LogP contribution in [0.5, 0.6) is 0 Å². The van der Waals surface area contributed by atoms with Crippen LogP contribution in [0.3, 0.4) is 0 Å². The Balaban J connectivity index is 1.54. The van der Waals surface area contributed by atoms with E-state index in [9.17, 15) is 0 Å². The standard InChI is InChI=1S/C24H18N4S/c1-13-25-11-21(27-13)16-4-6-18-15(9-16)3-8-20-19-7-5-17(10-23(19)29-24(18)20)22-12-26-14(2)28-22/h3-12H,1-2H3,(H,25,27)(H,26,28). The van der Waals surface area contributed by atoms with Crippen LogP contribution in [0.2, 0.25) is 0 Å². The number of nitrogens with zero attached hydrogens (tertiary/aromatic N) is 2. The molecule has 6 aromatic rings. The van der Waals surface area contributed by atoms with Gasteiger partial charge in [-0.2, -0.15) is 0 Å². The van der Waals surface area contributed by atoms with Gasteiger partial charge in [-0.05, 0) is 36.8 Å². The minimum Gasteiger partial charge on any atom is -0.342 e. The summed E-state index contributed by atoms with van der Waals surface area (Å²) >= 11 is 1.86. The molecule has 0 saturated heterocycles. The second kappa shape index (κ2) is 6.03. The number of imidazole rings is 2. The maximum absolute atomic E-state index is 4.33. The third kappa shape index (κ3) is 2.58. The number of aryl methyl sites for hydroxylation is 2. The smallest absolute Gasteiger partial charge is 0.103 e. The zero-order valence-corrected chi connectivity index (χ0v) is 16.9. The van der Waals surface area contributed by atoms with E-state index >= 15 is 0 Å². The maximum atomic E-state index is 4.33. The predicted molar refractivity (Wildman–Crippen MR) is 121 cm³/mol. The van der Waals surface area contributed by atoms with E-state index in [0.717, 1.165) is 28.6 Å². The van der Waals surface area contributed by atoms with E-state index in [1.165, 1.54) is 36.5 Å². The molecule has 0 saturated carbocycles. The van der Waals surface area contributed by atoms with E-state index in [4.69, 9.17) is 0 Å². The third-order valence-electron chi connectivity index (χ3n) is 5.48. The second-order valence-electron chi connectivity index (χ2n) is 7.46. The first-order valence-corrected chi connectivity index (χ1v) is 10.4. The van der Waals surface area contributed by atoms with E-state index in [2.05, 4.69) is 68.5 Å². The van der Waals surface area contributed by atoms with Crippen LogP contribution in [0.1, 0.15) is 11.6 Å². The lowest BCUT2D eigenvalue weighted by atomic mass is 10.0. The van der Waals surface area contributed by atoms with Crippen molar-refractivity contribution >= 4 is 42.3 Å². The van der Waals surface area contributed by atoms with Gasteiger partial charge >= 0.3 is 0 Å². The summed E-state index contributed by atoms with van der Waals surface area (Å²) < 4.78 is 2.63. The second-order valence-corrected chi connectivity index (χ2v) is 8.51. The van der Waals surface area contributed by atoms with Gasteiger partial charge in [-0.1, -0.05) is 36.4 Å². The van der Waals surface area contributed by atoms with Crippen LogP contribution in [-0.2, 0) is 0 Å². The largest absolute Gasteiger partial charge is 0.342 e. The van der Waals surface area contributed by atoms with Crippen molar-refractivity contribution in [1.82, 2.24) is 19.9 Å². The molecule has 0 aliphatic rings. The molecule has 140 valence electrons. The molecule has 0 bridgehead atoms. The zero-order chi connectivity index (χ0) is 19.5. The molecule has 0 amide bonds. The summed E-state index contributed by atoms with van der Waals surface area (Å²) in [6, 6.07) is 17.8. The van der Waals surface area contributed by atoms with Gasteiger partial charge in [0.25, 0.3) is 0 Å². The normalized spacial score (nSPS) is 11.8. The molecule has 0 unspecified atom stereocenters. The van der Waals surface area contributed by atoms with Gasteiger partial charge in [-0.3, -0.25) is 0 Å². The molecule has 6 rings (SSSR count). The van der Waals surface area contributed by atoms with Crippen LogP contribution in [0.15, 0.2) is 60.9 Å². The number of aromatic amines is 2. The SMILES string of the molecule is Cc1ncc(-c2ccc3c(ccc4c5ccc(-c6cnc(C)[nH]6)cc5sc34)c2)[nH]1. The van der Waals surface area contributed by atoms with Crippen LogP contribution in [0, 0.1) is 13.8 Å². The Labute approximate surface area is 171 Å². The maximum Gasteiger partial charge on any atom is 0.103 e. The highest BCUT2D eigenvalue weighted by molar-refractivity contribution is 7.26. The highest BCUT2D eigenvalue weighted by atomic mass is 32.1. The third-order valence-corrected chi connectivity index (χ3v) is 6.68. The van der Waals surface area contributed by atoms with Crippen molar-refractivity contribution in [1.29, 1.82) is 0 Å². The molecule has 5 heteroatoms. The summed E-state index contributed by atoms with van der Waals surface area (Å²) in [7, 11) is 0. The Hall–Kier alpha value is -3.44. The Bertz CT molecular complexity index is 1530. The van der Waals surface area contributed by atoms with Gasteiger partial charge in [0.1, 0.15) is 11.6 Å². The summed E-state index contributed by atoms with van der Waals surface area (Å²) in [4.78, 5) is 15.3. The highest BCUT2D eigenvalue weighted by Gasteiger charge is 2.11. The lowest BCUT2D eigenvalue weighted by Gasteiger charge is -2.03. The number of aromatic nitrogens is 4. The Morgan fingerprint density at radius 2 is 1.31 bits per heavy atom. The fourth-order valence-corrected chi connectivity index (χ4v) is 5.31. The monoisotopic (exact) mass is 394 g/mol. The number of thiophene rings is 1. The molecule has 2 N–H and O–H groups in total. The van der Waals surface area contributed by atoms with Gasteiger partial charge < -0.3 is 9.97 Å². The fraction of sp³-hybridized carbons (Fsp3) is 0.0833. The number of hydrogen-bond donors (Lipinski definition) is 2. The number of nitrogens with one attached hydrogen (secondary N) is 2. The molecule has 0 aliphatic carbocycles. The molecule has 3 aromatic heterocycles. The lowest BCUT2D eigenvalue weighted by molar-refractivity contribution is 1.15. The molecule has 0 spiro atoms. The molecule has 4 nitrogen and oxygen atoms in total. The van der Waals surface area contributed by atoms with Gasteiger partial charge in [0, 0.05) is 31.3 Å². The van der Waals surface area contributed by atoms with E-state index in [1.807, 2.05) is 37.6 Å². The van der Waals surface area contributed by atoms with Crippen LogP contribution in [0.25, 0.3) is 53.5 Å². The van der Waals surface area contributed by atoms with Crippen molar-refractivity contribution in [2.75, 3.05) is 0 Å². The van der Waals surface area contributed by atoms with Crippen molar-refractivity contribution in [3.8, 4) is 22.5 Å². The van der Waals surface area contributed by atoms with Gasteiger partial charge in [-0.15, -0.1) is 11.3 Å². The number of rotatable bonds is 2. The van der Waals surface area contributed by atoms with E-state index < -0.39 is 0 Å². The molecule has 0 atom stereocenters. The molecule has 29 heavy (non-hydrogen) atoms. The molecule has 3 aromatic carbocycles. The molecule has 0 fully saturated rings. The summed E-state index contributed by atoms with van der Waals surface area (Å²) in [5.41, 5.74) is 4.45. The Morgan fingerprint density at radius 1 is 0.690 bits per heavy atom. The zero-order valence-electron chi connectivity index (χ0n) is 16.1. The first-order chi connectivity index (χ1) is 14.2. The number of hydrogen-bond acceptors (Lipinski definition) is 3. The van der Waals surface area contributed by atoms with Crippen LogP contribution in [-0.4, -0.2) is 19.9 Å². The quantitative estimate of drug-likeness (QED) is 0.347. The Morgan fingerprint density at radius 3 is 1.97 bits per heavy atom. The van der Waals surface area contributed by atoms with E-state index in [-0.39, 0.29) is 0 Å². The summed E-state index contributed by atoms with van der Waals surface area (Å²) in [5, 5.41) is 5.16. The number of H-pyrrole nitrogens is 2. The van der Waals surface area contributed by atoms with Crippen molar-refractivity contribution in [3.63, 3.8) is 0 Å². The average molecular weight is 395 g/mol. The number of fused-ring (bicyclic) bond motifs is 5. The van der Waals surface area contributed by atoms with Crippen molar-refractivity contribution in [3.05, 3.63) is 72.6 Å². The van der Waals surface area contributed by atoms with E-state index in [0.29, 0.717) is 0 Å².